The molecule has 0 amide bonds. The van der Waals surface area contributed by atoms with Crippen LogP contribution in [-0.4, -0.2) is 16.3 Å². The molecule has 0 fully saturated rings. The highest BCUT2D eigenvalue weighted by atomic mass is 79.9. The van der Waals surface area contributed by atoms with E-state index in [1.165, 1.54) is 0 Å². The lowest BCUT2D eigenvalue weighted by Gasteiger charge is -2.21. The highest BCUT2D eigenvalue weighted by Gasteiger charge is 2.16. The topological polar surface area (TPSA) is 29.9 Å². The van der Waals surface area contributed by atoms with Gasteiger partial charge in [-0.3, -0.25) is 0 Å². The second-order valence-corrected chi connectivity index (χ2v) is 3.67. The lowest BCUT2D eigenvalue weighted by Crippen LogP contribution is -2.21. The van der Waals surface area contributed by atoms with E-state index in [4.69, 9.17) is 0 Å². The Balaban J connectivity index is 2.43. The quantitative estimate of drug-likeness (QED) is 0.718. The molecule has 2 heterocycles. The van der Waals surface area contributed by atoms with Gasteiger partial charge in [0.2, 0.25) is 0 Å². The van der Waals surface area contributed by atoms with Crippen LogP contribution in [0.5, 0.6) is 0 Å². The first kappa shape index (κ1) is 7.16. The summed E-state index contributed by atoms with van der Waals surface area (Å²) < 4.78 is 2.93. The highest BCUT2D eigenvalue weighted by Crippen LogP contribution is 2.25. The average Bonchev–Trinajstić information content (AvgIpc) is 2.31. The normalized spacial score (nSPS) is 22.5. The number of nitrogens with one attached hydrogen (secondary N) is 1. The molecule has 1 unspecified atom stereocenters. The van der Waals surface area contributed by atoms with Crippen LogP contribution in [0.1, 0.15) is 19.4 Å². The monoisotopic (exact) mass is 215 g/mol. The molecule has 2 rings (SSSR count). The number of anilines is 1. The molecule has 11 heavy (non-hydrogen) atoms. The molecule has 0 aliphatic carbocycles. The molecule has 0 aromatic carbocycles. The van der Waals surface area contributed by atoms with Gasteiger partial charge in [0.05, 0.1) is 6.04 Å². The molecule has 0 bridgehead atoms. The van der Waals surface area contributed by atoms with Crippen molar-refractivity contribution in [2.45, 2.75) is 19.4 Å². The zero-order valence-corrected chi connectivity index (χ0v) is 7.93. The van der Waals surface area contributed by atoms with Gasteiger partial charge in [-0.05, 0) is 29.3 Å². The van der Waals surface area contributed by atoms with Crippen LogP contribution in [0.3, 0.4) is 0 Å². The maximum Gasteiger partial charge on any atom is 0.130 e. The third kappa shape index (κ3) is 1.15. The number of rotatable bonds is 0. The molecule has 0 saturated heterocycles. The van der Waals surface area contributed by atoms with Gasteiger partial charge in [0.1, 0.15) is 10.4 Å². The molecule has 1 atom stereocenters. The molecule has 1 aromatic rings. The Hall–Kier alpha value is -0.510. The van der Waals surface area contributed by atoms with Crippen LogP contribution < -0.4 is 5.32 Å². The molecular weight excluding hydrogens is 206 g/mol. The van der Waals surface area contributed by atoms with Crippen LogP contribution in [0.4, 0.5) is 5.82 Å². The third-order valence-electron chi connectivity index (χ3n) is 1.99. The fraction of sp³-hybridized carbons (Fsp3) is 0.571. The Morgan fingerprint density at radius 3 is 3.36 bits per heavy atom. The van der Waals surface area contributed by atoms with Crippen molar-refractivity contribution in [1.29, 1.82) is 0 Å². The van der Waals surface area contributed by atoms with Crippen LogP contribution in [0.25, 0.3) is 0 Å². The van der Waals surface area contributed by atoms with Gasteiger partial charge in [-0.2, -0.15) is 5.10 Å². The lowest BCUT2D eigenvalue weighted by molar-refractivity contribution is 0.451. The van der Waals surface area contributed by atoms with Crippen molar-refractivity contribution in [3.63, 3.8) is 0 Å². The predicted octanol–water partition coefficient (Wildman–Crippen LogP) is 2.02. The SMILES string of the molecule is CC1CCNc2cc(Br)nn21. The van der Waals surface area contributed by atoms with Crippen molar-refractivity contribution in [1.82, 2.24) is 9.78 Å². The van der Waals surface area contributed by atoms with E-state index in [2.05, 4.69) is 33.3 Å². The Labute approximate surface area is 73.9 Å². The second-order valence-electron chi connectivity index (χ2n) is 2.86. The molecule has 60 valence electrons. The highest BCUT2D eigenvalue weighted by molar-refractivity contribution is 9.10. The number of hydrogen-bond acceptors (Lipinski definition) is 2. The van der Waals surface area contributed by atoms with E-state index >= 15 is 0 Å². The van der Waals surface area contributed by atoms with Crippen molar-refractivity contribution < 1.29 is 0 Å². The number of hydrogen-bond donors (Lipinski definition) is 1. The van der Waals surface area contributed by atoms with Crippen molar-refractivity contribution in [3.05, 3.63) is 10.7 Å². The van der Waals surface area contributed by atoms with Gasteiger partial charge in [-0.15, -0.1) is 0 Å². The second kappa shape index (κ2) is 2.52. The minimum absolute atomic E-state index is 0.526. The minimum Gasteiger partial charge on any atom is -0.370 e. The standard InChI is InChI=1S/C7H10BrN3/c1-5-2-3-9-7-4-6(8)10-11(5)7/h4-5,9H,2-3H2,1H3. The van der Waals surface area contributed by atoms with Crippen LogP contribution in [0, 0.1) is 0 Å². The zero-order valence-electron chi connectivity index (χ0n) is 6.34. The maximum atomic E-state index is 4.30. The predicted molar refractivity (Wildman–Crippen MR) is 47.7 cm³/mol. The number of nitrogens with zero attached hydrogens (tertiary/aromatic N) is 2. The largest absolute Gasteiger partial charge is 0.370 e. The first-order chi connectivity index (χ1) is 5.27. The summed E-state index contributed by atoms with van der Waals surface area (Å²) in [5, 5.41) is 7.59. The summed E-state index contributed by atoms with van der Waals surface area (Å²) >= 11 is 3.35. The molecule has 1 aromatic heterocycles. The van der Waals surface area contributed by atoms with Crippen LogP contribution in [-0.2, 0) is 0 Å². The van der Waals surface area contributed by atoms with Gasteiger partial charge in [0.15, 0.2) is 0 Å². The molecule has 3 nitrogen and oxygen atoms in total. The smallest absolute Gasteiger partial charge is 0.130 e. The summed E-state index contributed by atoms with van der Waals surface area (Å²) in [6.07, 6.45) is 1.15. The number of aromatic nitrogens is 2. The molecule has 0 spiro atoms. The van der Waals surface area contributed by atoms with Crippen molar-refractivity contribution in [2.24, 2.45) is 0 Å². The van der Waals surface area contributed by atoms with Crippen LogP contribution in [0.2, 0.25) is 0 Å². The Morgan fingerprint density at radius 1 is 1.82 bits per heavy atom. The summed E-state index contributed by atoms with van der Waals surface area (Å²) in [6, 6.07) is 2.54. The fourth-order valence-corrected chi connectivity index (χ4v) is 1.75. The van der Waals surface area contributed by atoms with E-state index in [1.807, 2.05) is 10.7 Å². The van der Waals surface area contributed by atoms with E-state index in [9.17, 15) is 0 Å². The van der Waals surface area contributed by atoms with Gasteiger partial charge < -0.3 is 5.32 Å². The van der Waals surface area contributed by atoms with E-state index in [1.54, 1.807) is 0 Å². The molecule has 1 N–H and O–H groups in total. The Bertz CT molecular complexity index is 269. The zero-order chi connectivity index (χ0) is 7.84. The minimum atomic E-state index is 0.526. The van der Waals surface area contributed by atoms with Gasteiger partial charge in [0, 0.05) is 12.6 Å². The van der Waals surface area contributed by atoms with E-state index in [0.717, 1.165) is 23.4 Å². The van der Waals surface area contributed by atoms with Gasteiger partial charge >= 0.3 is 0 Å². The van der Waals surface area contributed by atoms with E-state index in [-0.39, 0.29) is 0 Å². The third-order valence-corrected chi connectivity index (χ3v) is 2.38. The molecule has 4 heteroatoms. The molecule has 0 radical (unpaired) electrons. The number of fused-ring (bicyclic) bond motifs is 1. The van der Waals surface area contributed by atoms with Crippen molar-refractivity contribution in [3.8, 4) is 0 Å². The molecule has 1 aliphatic rings. The molecule has 1 aliphatic heterocycles. The first-order valence-corrected chi connectivity index (χ1v) is 4.55. The lowest BCUT2D eigenvalue weighted by atomic mass is 10.2. The van der Waals surface area contributed by atoms with Crippen molar-refractivity contribution >= 4 is 21.7 Å². The van der Waals surface area contributed by atoms with Crippen LogP contribution >= 0.6 is 15.9 Å². The summed E-state index contributed by atoms with van der Waals surface area (Å²) in [7, 11) is 0. The van der Waals surface area contributed by atoms with Crippen LogP contribution in [0.15, 0.2) is 10.7 Å². The maximum absolute atomic E-state index is 4.30. The van der Waals surface area contributed by atoms with E-state index in [0.29, 0.717) is 6.04 Å². The van der Waals surface area contributed by atoms with E-state index < -0.39 is 0 Å². The summed E-state index contributed by atoms with van der Waals surface area (Å²) in [4.78, 5) is 0. The first-order valence-electron chi connectivity index (χ1n) is 3.76. The van der Waals surface area contributed by atoms with Gasteiger partial charge in [-0.25, -0.2) is 4.68 Å². The summed E-state index contributed by atoms with van der Waals surface area (Å²) in [5.41, 5.74) is 0. The summed E-state index contributed by atoms with van der Waals surface area (Å²) in [6.45, 7) is 3.24. The number of halogens is 1. The molecular formula is C7H10BrN3. The Morgan fingerprint density at radius 2 is 2.64 bits per heavy atom. The Kier molecular flexibility index (Phi) is 1.64. The van der Waals surface area contributed by atoms with Gasteiger partial charge in [0.25, 0.3) is 0 Å². The summed E-state index contributed by atoms with van der Waals surface area (Å²) in [5.74, 6) is 1.12. The fourth-order valence-electron chi connectivity index (χ4n) is 1.36. The van der Waals surface area contributed by atoms with Crippen molar-refractivity contribution in [2.75, 3.05) is 11.9 Å². The van der Waals surface area contributed by atoms with Gasteiger partial charge in [-0.1, -0.05) is 0 Å². The molecule has 0 saturated carbocycles. The average molecular weight is 216 g/mol.